The van der Waals surface area contributed by atoms with Crippen LogP contribution in [0.3, 0.4) is 0 Å². The van der Waals surface area contributed by atoms with Crippen molar-refractivity contribution in [2.45, 2.75) is 61.3 Å². The Morgan fingerprint density at radius 3 is 1.94 bits per heavy atom. The zero-order valence-corrected chi connectivity index (χ0v) is 13.1. The topological polar surface area (TPSA) is 17.1 Å². The van der Waals surface area contributed by atoms with Gasteiger partial charge in [0.15, 0.2) is 5.78 Å². The third-order valence-corrected chi connectivity index (χ3v) is 6.12. The second-order valence-corrected chi connectivity index (χ2v) is 7.81. The third kappa shape index (κ3) is 1.70. The van der Waals surface area contributed by atoms with E-state index in [9.17, 15) is 4.79 Å². The molecule has 0 spiro atoms. The van der Waals surface area contributed by atoms with E-state index in [1.54, 1.807) is 0 Å². The van der Waals surface area contributed by atoms with Crippen LogP contribution in [0.15, 0.2) is 11.1 Å². The summed E-state index contributed by atoms with van der Waals surface area (Å²) in [5.41, 5.74) is 2.86. The summed E-state index contributed by atoms with van der Waals surface area (Å²) in [6, 6.07) is 0. The van der Waals surface area contributed by atoms with Crippen molar-refractivity contribution in [3.63, 3.8) is 0 Å². The van der Waals surface area contributed by atoms with Gasteiger partial charge in [-0.05, 0) is 35.0 Å². The Hall–Kier alpha value is -0.590. The molecule has 0 radical (unpaired) electrons. The van der Waals surface area contributed by atoms with Gasteiger partial charge in [0, 0.05) is 12.0 Å². The van der Waals surface area contributed by atoms with Crippen LogP contribution < -0.4 is 0 Å². The summed E-state index contributed by atoms with van der Waals surface area (Å²) in [7, 11) is 0. The van der Waals surface area contributed by atoms with Crippen LogP contribution in [0.2, 0.25) is 0 Å². The Bertz CT molecular complexity index is 411. The first-order valence-electron chi connectivity index (χ1n) is 7.37. The monoisotopic (exact) mass is 248 g/mol. The molecular weight excluding hydrogens is 220 g/mol. The van der Waals surface area contributed by atoms with E-state index in [0.29, 0.717) is 23.5 Å². The molecule has 0 saturated heterocycles. The lowest BCUT2D eigenvalue weighted by molar-refractivity contribution is -0.119. The van der Waals surface area contributed by atoms with Crippen LogP contribution in [0, 0.1) is 28.6 Å². The summed E-state index contributed by atoms with van der Waals surface area (Å²) in [4.78, 5) is 12.5. The van der Waals surface area contributed by atoms with E-state index in [0.717, 1.165) is 12.8 Å². The van der Waals surface area contributed by atoms with Crippen LogP contribution >= 0.6 is 0 Å². The summed E-state index contributed by atoms with van der Waals surface area (Å²) in [5, 5.41) is 0. The van der Waals surface area contributed by atoms with Gasteiger partial charge in [-0.25, -0.2) is 0 Å². The van der Waals surface area contributed by atoms with Crippen LogP contribution in [0.4, 0.5) is 0 Å². The molecule has 3 atom stereocenters. The number of allylic oxidation sites excluding steroid dienone is 2. The predicted molar refractivity (Wildman–Crippen MR) is 76.3 cm³/mol. The van der Waals surface area contributed by atoms with E-state index in [2.05, 4.69) is 48.5 Å². The first-order valence-corrected chi connectivity index (χ1v) is 7.37. The number of hydrogen-bond donors (Lipinski definition) is 0. The molecule has 102 valence electrons. The van der Waals surface area contributed by atoms with Crippen LogP contribution in [-0.4, -0.2) is 5.78 Å². The van der Waals surface area contributed by atoms with E-state index >= 15 is 0 Å². The van der Waals surface area contributed by atoms with Crippen LogP contribution in [-0.2, 0) is 4.79 Å². The minimum absolute atomic E-state index is 0.0431. The molecular formula is C17H28O. The highest BCUT2D eigenvalue weighted by Crippen LogP contribution is 2.58. The fraction of sp³-hybridized carbons (Fsp3) is 0.824. The molecule has 0 aromatic rings. The van der Waals surface area contributed by atoms with Crippen LogP contribution in [0.5, 0.6) is 0 Å². The van der Waals surface area contributed by atoms with Gasteiger partial charge in [0.25, 0.3) is 0 Å². The van der Waals surface area contributed by atoms with Gasteiger partial charge in [0.1, 0.15) is 0 Å². The number of hydrogen-bond acceptors (Lipinski definition) is 1. The summed E-state index contributed by atoms with van der Waals surface area (Å²) >= 11 is 0. The lowest BCUT2D eigenvalue weighted by atomic mass is 9.50. The van der Waals surface area contributed by atoms with Gasteiger partial charge in [-0.1, -0.05) is 54.0 Å². The standard InChI is InChI=1S/C17H28O/c1-10-8-13-15(14(18)9-10)17(6,7)12(3)11(2)16(13,4)5/h10-12H,8-9H2,1-7H3/t10?,11-,12-/m0/s1. The smallest absolute Gasteiger partial charge is 0.159 e. The Morgan fingerprint density at radius 2 is 1.39 bits per heavy atom. The summed E-state index contributed by atoms with van der Waals surface area (Å²) in [6.07, 6.45) is 1.87. The molecule has 0 saturated carbocycles. The van der Waals surface area contributed by atoms with E-state index in [-0.39, 0.29) is 10.8 Å². The van der Waals surface area contributed by atoms with E-state index < -0.39 is 0 Å². The van der Waals surface area contributed by atoms with E-state index in [1.165, 1.54) is 11.1 Å². The molecule has 1 nitrogen and oxygen atoms in total. The maximum absolute atomic E-state index is 12.5. The molecule has 2 rings (SSSR count). The van der Waals surface area contributed by atoms with Gasteiger partial charge in [-0.15, -0.1) is 0 Å². The SMILES string of the molecule is CC1CC(=O)C2=C(C1)C(C)(C)[C@@H](C)[C@H](C)C2(C)C. The molecule has 2 aliphatic carbocycles. The Balaban J connectivity index is 2.66. The quantitative estimate of drug-likeness (QED) is 0.611. The van der Waals surface area contributed by atoms with Crippen molar-refractivity contribution in [2.75, 3.05) is 0 Å². The second-order valence-electron chi connectivity index (χ2n) is 7.81. The normalized spacial score (nSPS) is 38.6. The first-order chi connectivity index (χ1) is 8.10. The molecule has 0 aromatic heterocycles. The summed E-state index contributed by atoms with van der Waals surface area (Å²) in [5.74, 6) is 2.13. The molecule has 0 fully saturated rings. The van der Waals surface area contributed by atoms with Gasteiger partial charge in [-0.2, -0.15) is 0 Å². The Morgan fingerprint density at radius 1 is 0.889 bits per heavy atom. The van der Waals surface area contributed by atoms with Crippen molar-refractivity contribution in [2.24, 2.45) is 28.6 Å². The molecule has 18 heavy (non-hydrogen) atoms. The number of carbonyl (C=O) groups excluding carboxylic acids is 1. The molecule has 0 aliphatic heterocycles. The molecule has 0 amide bonds. The van der Waals surface area contributed by atoms with Crippen molar-refractivity contribution in [1.29, 1.82) is 0 Å². The van der Waals surface area contributed by atoms with Crippen molar-refractivity contribution in [1.82, 2.24) is 0 Å². The molecule has 1 heteroatoms. The minimum Gasteiger partial charge on any atom is -0.295 e. The van der Waals surface area contributed by atoms with E-state index in [4.69, 9.17) is 0 Å². The highest BCUT2D eigenvalue weighted by Gasteiger charge is 2.51. The Labute approximate surface area is 112 Å². The second kappa shape index (κ2) is 3.95. The summed E-state index contributed by atoms with van der Waals surface area (Å²) < 4.78 is 0. The number of Topliss-reactive ketones (excluding diaryl/α,β-unsaturated/α-hetero) is 1. The van der Waals surface area contributed by atoms with Gasteiger partial charge in [0.05, 0.1) is 0 Å². The fourth-order valence-electron chi connectivity index (χ4n) is 4.20. The van der Waals surface area contributed by atoms with Gasteiger partial charge < -0.3 is 0 Å². The average molecular weight is 248 g/mol. The summed E-state index contributed by atoms with van der Waals surface area (Å²) in [6.45, 7) is 16.1. The average Bonchev–Trinajstić information content (AvgIpc) is 2.23. The molecule has 2 aliphatic rings. The van der Waals surface area contributed by atoms with Crippen molar-refractivity contribution < 1.29 is 4.79 Å². The molecule has 0 N–H and O–H groups in total. The third-order valence-electron chi connectivity index (χ3n) is 6.12. The highest BCUT2D eigenvalue weighted by molar-refractivity contribution is 5.98. The molecule has 0 aromatic carbocycles. The maximum Gasteiger partial charge on any atom is 0.159 e. The largest absolute Gasteiger partial charge is 0.295 e. The number of carbonyl (C=O) groups is 1. The van der Waals surface area contributed by atoms with Crippen molar-refractivity contribution in [3.8, 4) is 0 Å². The number of rotatable bonds is 0. The lowest BCUT2D eigenvalue weighted by Gasteiger charge is -2.54. The Kier molecular flexibility index (Phi) is 3.04. The van der Waals surface area contributed by atoms with Gasteiger partial charge >= 0.3 is 0 Å². The number of ketones is 1. The minimum atomic E-state index is 0.0431. The van der Waals surface area contributed by atoms with Crippen LogP contribution in [0.1, 0.15) is 61.3 Å². The molecule has 0 heterocycles. The zero-order valence-electron chi connectivity index (χ0n) is 13.1. The lowest BCUT2D eigenvalue weighted by Crippen LogP contribution is -2.47. The van der Waals surface area contributed by atoms with Gasteiger partial charge in [-0.3, -0.25) is 4.79 Å². The predicted octanol–water partition coefficient (Wildman–Crippen LogP) is 4.62. The first kappa shape index (κ1) is 13.8. The van der Waals surface area contributed by atoms with Crippen LogP contribution in [0.25, 0.3) is 0 Å². The van der Waals surface area contributed by atoms with Crippen molar-refractivity contribution in [3.05, 3.63) is 11.1 Å². The van der Waals surface area contributed by atoms with Crippen molar-refractivity contribution >= 4 is 5.78 Å². The van der Waals surface area contributed by atoms with Gasteiger partial charge in [0.2, 0.25) is 0 Å². The maximum atomic E-state index is 12.5. The molecule has 1 unspecified atom stereocenters. The fourth-order valence-corrected chi connectivity index (χ4v) is 4.20. The molecule has 0 bridgehead atoms. The zero-order chi connectivity index (χ0) is 13.9. The highest BCUT2D eigenvalue weighted by atomic mass is 16.1. The van der Waals surface area contributed by atoms with E-state index in [1.807, 2.05) is 0 Å².